The highest BCUT2D eigenvalue weighted by molar-refractivity contribution is 7.99. The van der Waals surface area contributed by atoms with Gasteiger partial charge in [-0.15, -0.1) is 11.3 Å². The molecule has 1 aromatic heterocycles. The van der Waals surface area contributed by atoms with Crippen LogP contribution in [0.3, 0.4) is 0 Å². The highest BCUT2D eigenvalue weighted by Crippen LogP contribution is 2.29. The van der Waals surface area contributed by atoms with Crippen LogP contribution in [0.25, 0.3) is 0 Å². The highest BCUT2D eigenvalue weighted by Gasteiger charge is 2.32. The molecule has 4 nitrogen and oxygen atoms in total. The van der Waals surface area contributed by atoms with Crippen LogP contribution in [0.4, 0.5) is 0 Å². The third-order valence-corrected chi connectivity index (χ3v) is 7.99. The zero-order valence-electron chi connectivity index (χ0n) is 12.0. The van der Waals surface area contributed by atoms with E-state index in [1.807, 2.05) is 24.8 Å². The van der Waals surface area contributed by atoms with Crippen molar-refractivity contribution in [2.45, 2.75) is 37.1 Å². The van der Waals surface area contributed by atoms with Gasteiger partial charge in [0.25, 0.3) is 10.0 Å². The Morgan fingerprint density at radius 1 is 1.45 bits per heavy atom. The van der Waals surface area contributed by atoms with Gasteiger partial charge in [0.15, 0.2) is 0 Å². The molecule has 1 saturated heterocycles. The Hall–Kier alpha value is -0.0800. The van der Waals surface area contributed by atoms with E-state index < -0.39 is 10.0 Å². The van der Waals surface area contributed by atoms with E-state index in [1.54, 1.807) is 10.4 Å². The Labute approximate surface area is 130 Å². The van der Waals surface area contributed by atoms with Crippen molar-refractivity contribution in [3.63, 3.8) is 0 Å². The van der Waals surface area contributed by atoms with E-state index in [1.165, 1.54) is 11.3 Å². The summed E-state index contributed by atoms with van der Waals surface area (Å²) >= 11 is 3.21. The number of nitrogens with one attached hydrogen (secondary N) is 1. The van der Waals surface area contributed by atoms with Crippen LogP contribution in [0.15, 0.2) is 16.3 Å². The third kappa shape index (κ3) is 3.76. The number of hydrogen-bond acceptors (Lipinski definition) is 5. The predicted octanol–water partition coefficient (Wildman–Crippen LogP) is 2.37. The molecule has 2 rings (SSSR count). The summed E-state index contributed by atoms with van der Waals surface area (Å²) in [5, 5.41) is 3.30. The minimum atomic E-state index is -3.31. The van der Waals surface area contributed by atoms with Crippen LogP contribution in [0.5, 0.6) is 0 Å². The number of thiophene rings is 1. The minimum absolute atomic E-state index is 0.0857. The average Bonchev–Trinajstić information content (AvgIpc) is 2.89. The molecule has 1 unspecified atom stereocenters. The molecule has 114 valence electrons. The molecule has 1 aliphatic rings. The van der Waals surface area contributed by atoms with E-state index in [0.29, 0.717) is 10.8 Å². The maximum atomic E-state index is 12.6. The van der Waals surface area contributed by atoms with Gasteiger partial charge in [-0.25, -0.2) is 8.42 Å². The zero-order valence-corrected chi connectivity index (χ0v) is 14.4. The van der Waals surface area contributed by atoms with Gasteiger partial charge in [-0.2, -0.15) is 16.1 Å². The fraction of sp³-hybridized carbons (Fsp3) is 0.692. The lowest BCUT2D eigenvalue weighted by atomic mass is 10.4. The standard InChI is InChI=1S/C13H22N2O2S3/c1-3-6-14-9-12-4-5-13(19-12)20(16,17)15-7-8-18-10-11(15)2/h4-5,11,14H,3,6-10H2,1-2H3. The van der Waals surface area contributed by atoms with E-state index in [2.05, 4.69) is 12.2 Å². The van der Waals surface area contributed by atoms with Crippen LogP contribution in [0.1, 0.15) is 25.1 Å². The molecule has 1 aromatic rings. The second-order valence-electron chi connectivity index (χ2n) is 4.94. The summed E-state index contributed by atoms with van der Waals surface area (Å²) in [5.74, 6) is 1.77. The van der Waals surface area contributed by atoms with E-state index in [-0.39, 0.29) is 6.04 Å². The maximum Gasteiger partial charge on any atom is 0.252 e. The molecule has 1 N–H and O–H groups in total. The molecule has 0 spiro atoms. The molecule has 1 fully saturated rings. The Balaban J connectivity index is 2.09. The van der Waals surface area contributed by atoms with Crippen molar-refractivity contribution in [3.8, 4) is 0 Å². The number of hydrogen-bond donors (Lipinski definition) is 1. The van der Waals surface area contributed by atoms with Crippen LogP contribution in [0, 0.1) is 0 Å². The topological polar surface area (TPSA) is 49.4 Å². The molecule has 7 heteroatoms. The number of thioether (sulfide) groups is 1. The van der Waals surface area contributed by atoms with Crippen LogP contribution in [-0.4, -0.2) is 43.4 Å². The molecule has 1 atom stereocenters. The maximum absolute atomic E-state index is 12.6. The van der Waals surface area contributed by atoms with Crippen molar-refractivity contribution in [1.29, 1.82) is 0 Å². The summed E-state index contributed by atoms with van der Waals surface area (Å²) in [6, 6.07) is 3.75. The zero-order chi connectivity index (χ0) is 14.6. The van der Waals surface area contributed by atoms with Crippen LogP contribution in [-0.2, 0) is 16.6 Å². The van der Waals surface area contributed by atoms with Crippen molar-refractivity contribution in [1.82, 2.24) is 9.62 Å². The molecular formula is C13H22N2O2S3. The fourth-order valence-corrected chi connectivity index (χ4v) is 6.47. The van der Waals surface area contributed by atoms with E-state index in [9.17, 15) is 8.42 Å². The van der Waals surface area contributed by atoms with Gasteiger partial charge in [-0.3, -0.25) is 0 Å². The summed E-state index contributed by atoms with van der Waals surface area (Å²) in [5.41, 5.74) is 0. The first-order chi connectivity index (χ1) is 9.55. The Morgan fingerprint density at radius 2 is 2.25 bits per heavy atom. The minimum Gasteiger partial charge on any atom is -0.312 e. The second kappa shape index (κ2) is 7.26. The van der Waals surface area contributed by atoms with Crippen LogP contribution >= 0.6 is 23.1 Å². The average molecular weight is 335 g/mol. The lowest BCUT2D eigenvalue weighted by Gasteiger charge is -2.31. The normalized spacial score (nSPS) is 21.2. The number of nitrogens with zero attached hydrogens (tertiary/aromatic N) is 1. The molecule has 0 bridgehead atoms. The van der Waals surface area contributed by atoms with Crippen LogP contribution in [0.2, 0.25) is 0 Å². The van der Waals surface area contributed by atoms with Gasteiger partial charge in [0.05, 0.1) is 0 Å². The third-order valence-electron chi connectivity index (χ3n) is 3.23. The molecular weight excluding hydrogens is 312 g/mol. The largest absolute Gasteiger partial charge is 0.312 e. The van der Waals surface area contributed by atoms with E-state index >= 15 is 0 Å². The summed E-state index contributed by atoms with van der Waals surface area (Å²) < 4.78 is 27.4. The Morgan fingerprint density at radius 3 is 2.95 bits per heavy atom. The first kappa shape index (κ1) is 16.3. The fourth-order valence-electron chi connectivity index (χ4n) is 2.16. The van der Waals surface area contributed by atoms with Gasteiger partial charge in [-0.05, 0) is 32.0 Å². The van der Waals surface area contributed by atoms with Gasteiger partial charge in [0.1, 0.15) is 4.21 Å². The quantitative estimate of drug-likeness (QED) is 0.812. The lowest BCUT2D eigenvalue weighted by molar-refractivity contribution is 0.368. The molecule has 1 aliphatic heterocycles. The summed E-state index contributed by atoms with van der Waals surface area (Å²) in [6.07, 6.45) is 1.08. The van der Waals surface area contributed by atoms with Crippen molar-refractivity contribution >= 4 is 33.1 Å². The second-order valence-corrected chi connectivity index (χ2v) is 9.37. The molecule has 0 saturated carbocycles. The van der Waals surface area contributed by atoms with Gasteiger partial charge < -0.3 is 5.32 Å². The molecule has 0 aliphatic carbocycles. The first-order valence-corrected chi connectivity index (χ1v) is 10.4. The Kier molecular flexibility index (Phi) is 5.92. The van der Waals surface area contributed by atoms with Gasteiger partial charge >= 0.3 is 0 Å². The van der Waals surface area contributed by atoms with Crippen molar-refractivity contribution < 1.29 is 8.42 Å². The highest BCUT2D eigenvalue weighted by atomic mass is 32.2. The molecule has 0 radical (unpaired) electrons. The Bertz CT molecular complexity index is 527. The summed E-state index contributed by atoms with van der Waals surface area (Å²) in [6.45, 7) is 6.43. The van der Waals surface area contributed by atoms with Gasteiger partial charge in [0, 0.05) is 35.5 Å². The molecule has 20 heavy (non-hydrogen) atoms. The van der Waals surface area contributed by atoms with Gasteiger partial charge in [0.2, 0.25) is 0 Å². The molecule has 0 aromatic carbocycles. The summed E-state index contributed by atoms with van der Waals surface area (Å²) in [4.78, 5) is 1.08. The lowest BCUT2D eigenvalue weighted by Crippen LogP contribution is -2.44. The summed E-state index contributed by atoms with van der Waals surface area (Å²) in [7, 11) is -3.31. The number of rotatable bonds is 6. The van der Waals surface area contributed by atoms with Crippen molar-refractivity contribution in [3.05, 3.63) is 17.0 Å². The van der Waals surface area contributed by atoms with Crippen molar-refractivity contribution in [2.75, 3.05) is 24.6 Å². The molecule has 0 amide bonds. The van der Waals surface area contributed by atoms with Crippen LogP contribution < -0.4 is 5.32 Å². The van der Waals surface area contributed by atoms with Gasteiger partial charge in [-0.1, -0.05) is 6.92 Å². The first-order valence-electron chi connectivity index (χ1n) is 6.94. The predicted molar refractivity (Wildman–Crippen MR) is 87.0 cm³/mol. The molecule has 2 heterocycles. The number of sulfonamides is 1. The monoisotopic (exact) mass is 334 g/mol. The van der Waals surface area contributed by atoms with Crippen molar-refractivity contribution in [2.24, 2.45) is 0 Å². The van der Waals surface area contributed by atoms with E-state index in [4.69, 9.17) is 0 Å². The smallest absolute Gasteiger partial charge is 0.252 e. The SMILES string of the molecule is CCCNCc1ccc(S(=O)(=O)N2CCSCC2C)s1. The van der Waals surface area contributed by atoms with E-state index in [0.717, 1.165) is 35.9 Å².